The molecule has 0 saturated carbocycles. The molecule has 0 aliphatic heterocycles. The Hall–Kier alpha value is -1.38. The Kier molecular flexibility index (Phi) is 5.19. The lowest BCUT2D eigenvalue weighted by Gasteiger charge is -2.22. The first-order chi connectivity index (χ1) is 9.51. The number of sulfonamides is 1. The first-order valence-corrected chi connectivity index (χ1v) is 7.84. The van der Waals surface area contributed by atoms with Crippen LogP contribution in [0, 0.1) is 11.2 Å². The smallest absolute Gasteiger partial charge is 0.243 e. The standard InChI is InChI=1S/C12H17ClFN3O3S/c1-12(2,11(18)16-3)6-17-21(19,20)9-5-7(15)4-8(13)10(9)14/h4-5,17H,6,15H2,1-3H3,(H,16,18). The highest BCUT2D eigenvalue weighted by atomic mass is 35.5. The normalized spacial score (nSPS) is 12.2. The molecular formula is C12H17ClFN3O3S. The van der Waals surface area contributed by atoms with Crippen molar-refractivity contribution in [3.8, 4) is 0 Å². The van der Waals surface area contributed by atoms with E-state index in [0.29, 0.717) is 0 Å². The molecule has 1 amide bonds. The largest absolute Gasteiger partial charge is 0.399 e. The van der Waals surface area contributed by atoms with Crippen LogP contribution in [0.2, 0.25) is 5.02 Å². The van der Waals surface area contributed by atoms with Gasteiger partial charge in [-0.05, 0) is 26.0 Å². The molecule has 118 valence electrons. The molecule has 0 radical (unpaired) electrons. The molecule has 9 heteroatoms. The van der Waals surface area contributed by atoms with E-state index in [4.69, 9.17) is 17.3 Å². The number of benzene rings is 1. The maximum Gasteiger partial charge on any atom is 0.243 e. The van der Waals surface area contributed by atoms with Crippen molar-refractivity contribution in [2.75, 3.05) is 19.3 Å². The Labute approximate surface area is 127 Å². The summed E-state index contributed by atoms with van der Waals surface area (Å²) in [6, 6.07) is 2.08. The molecule has 0 spiro atoms. The minimum atomic E-state index is -4.18. The van der Waals surface area contributed by atoms with Crippen molar-refractivity contribution in [1.29, 1.82) is 0 Å². The first-order valence-electron chi connectivity index (χ1n) is 5.97. The van der Waals surface area contributed by atoms with Gasteiger partial charge in [0.15, 0.2) is 5.82 Å². The van der Waals surface area contributed by atoms with Crippen LogP contribution in [0.5, 0.6) is 0 Å². The number of nitrogens with two attached hydrogens (primary N) is 1. The average molecular weight is 338 g/mol. The summed E-state index contributed by atoms with van der Waals surface area (Å²) in [4.78, 5) is 10.9. The van der Waals surface area contributed by atoms with Gasteiger partial charge in [-0.25, -0.2) is 17.5 Å². The second-order valence-corrected chi connectivity index (χ2v) is 7.24. The summed E-state index contributed by atoms with van der Waals surface area (Å²) in [5, 5.41) is 2.03. The van der Waals surface area contributed by atoms with Gasteiger partial charge in [-0.15, -0.1) is 0 Å². The summed E-state index contributed by atoms with van der Waals surface area (Å²) in [6.07, 6.45) is 0. The van der Waals surface area contributed by atoms with E-state index in [1.165, 1.54) is 7.05 Å². The molecule has 0 aromatic heterocycles. The van der Waals surface area contributed by atoms with Crippen LogP contribution in [0.3, 0.4) is 0 Å². The lowest BCUT2D eigenvalue weighted by atomic mass is 9.93. The van der Waals surface area contributed by atoms with Gasteiger partial charge >= 0.3 is 0 Å². The van der Waals surface area contributed by atoms with E-state index in [1.807, 2.05) is 0 Å². The summed E-state index contributed by atoms with van der Waals surface area (Å²) in [6.45, 7) is 2.90. The monoisotopic (exact) mass is 337 g/mol. The number of hydrogen-bond acceptors (Lipinski definition) is 4. The number of nitrogen functional groups attached to an aromatic ring is 1. The Balaban J connectivity index is 3.06. The number of nitrogens with one attached hydrogen (secondary N) is 2. The third-order valence-corrected chi connectivity index (χ3v) is 4.53. The Morgan fingerprint density at radius 2 is 2.00 bits per heavy atom. The van der Waals surface area contributed by atoms with Crippen molar-refractivity contribution in [3.05, 3.63) is 23.0 Å². The zero-order valence-corrected chi connectivity index (χ0v) is 13.4. The van der Waals surface area contributed by atoms with Crippen LogP contribution in [-0.2, 0) is 14.8 Å². The van der Waals surface area contributed by atoms with Crippen molar-refractivity contribution in [3.63, 3.8) is 0 Å². The van der Waals surface area contributed by atoms with Crippen LogP contribution in [0.4, 0.5) is 10.1 Å². The fourth-order valence-electron chi connectivity index (χ4n) is 1.55. The molecule has 6 nitrogen and oxygen atoms in total. The Morgan fingerprint density at radius 1 is 1.43 bits per heavy atom. The minimum absolute atomic E-state index is 0.0207. The predicted octanol–water partition coefficient (Wildman–Crippen LogP) is 1.11. The van der Waals surface area contributed by atoms with E-state index in [0.717, 1.165) is 12.1 Å². The molecule has 4 N–H and O–H groups in total. The van der Waals surface area contributed by atoms with Gasteiger partial charge in [-0.3, -0.25) is 4.79 Å². The second-order valence-electron chi connectivity index (χ2n) is 5.10. The van der Waals surface area contributed by atoms with E-state index < -0.39 is 26.2 Å². The Morgan fingerprint density at radius 3 is 2.52 bits per heavy atom. The number of anilines is 1. The van der Waals surface area contributed by atoms with Crippen LogP contribution < -0.4 is 15.8 Å². The summed E-state index contributed by atoms with van der Waals surface area (Å²) in [7, 11) is -2.74. The molecule has 0 saturated heterocycles. The second kappa shape index (κ2) is 6.17. The highest BCUT2D eigenvalue weighted by Crippen LogP contribution is 2.26. The average Bonchev–Trinajstić information content (AvgIpc) is 2.39. The summed E-state index contributed by atoms with van der Waals surface area (Å²) >= 11 is 5.58. The number of hydrogen-bond donors (Lipinski definition) is 3. The maximum atomic E-state index is 13.8. The molecule has 0 fully saturated rings. The zero-order chi connectivity index (χ0) is 16.4. The van der Waals surface area contributed by atoms with Crippen LogP contribution in [0.25, 0.3) is 0 Å². The van der Waals surface area contributed by atoms with Crippen molar-refractivity contribution in [2.24, 2.45) is 5.41 Å². The summed E-state index contributed by atoms with van der Waals surface area (Å²) in [5.74, 6) is -1.44. The molecule has 0 aliphatic carbocycles. The van der Waals surface area contributed by atoms with Crippen LogP contribution >= 0.6 is 11.6 Å². The molecule has 1 aromatic rings. The zero-order valence-electron chi connectivity index (χ0n) is 11.8. The van der Waals surface area contributed by atoms with Gasteiger partial charge in [0.1, 0.15) is 4.90 Å². The number of carbonyl (C=O) groups is 1. The van der Waals surface area contributed by atoms with E-state index >= 15 is 0 Å². The number of halogens is 2. The van der Waals surface area contributed by atoms with Gasteiger partial charge in [0.25, 0.3) is 0 Å². The lowest BCUT2D eigenvalue weighted by Crippen LogP contribution is -2.43. The minimum Gasteiger partial charge on any atom is -0.399 e. The molecule has 0 aliphatic rings. The third-order valence-electron chi connectivity index (χ3n) is 2.85. The summed E-state index contributed by atoms with van der Waals surface area (Å²) in [5.41, 5.74) is 4.49. The molecule has 0 heterocycles. The first kappa shape index (κ1) is 17.7. The van der Waals surface area contributed by atoms with Crippen molar-refractivity contribution in [1.82, 2.24) is 10.0 Å². The van der Waals surface area contributed by atoms with Crippen molar-refractivity contribution >= 4 is 33.2 Å². The van der Waals surface area contributed by atoms with E-state index in [-0.39, 0.29) is 23.2 Å². The highest BCUT2D eigenvalue weighted by Gasteiger charge is 2.30. The van der Waals surface area contributed by atoms with E-state index in [1.54, 1.807) is 13.8 Å². The van der Waals surface area contributed by atoms with Gasteiger partial charge < -0.3 is 11.1 Å². The van der Waals surface area contributed by atoms with Gasteiger partial charge in [-0.1, -0.05) is 11.6 Å². The van der Waals surface area contributed by atoms with Crippen LogP contribution in [0.1, 0.15) is 13.8 Å². The predicted molar refractivity (Wildman–Crippen MR) is 78.9 cm³/mol. The van der Waals surface area contributed by atoms with Gasteiger partial charge in [-0.2, -0.15) is 0 Å². The van der Waals surface area contributed by atoms with E-state index in [9.17, 15) is 17.6 Å². The molecule has 1 rings (SSSR count). The third kappa shape index (κ3) is 4.05. The molecule has 0 atom stereocenters. The van der Waals surface area contributed by atoms with Gasteiger partial charge in [0, 0.05) is 19.3 Å². The molecule has 0 unspecified atom stereocenters. The molecule has 1 aromatic carbocycles. The summed E-state index contributed by atoms with van der Waals surface area (Å²) < 4.78 is 40.3. The maximum absolute atomic E-state index is 13.8. The van der Waals surface area contributed by atoms with Gasteiger partial charge in [0.2, 0.25) is 15.9 Å². The Bertz CT molecular complexity index is 662. The van der Waals surface area contributed by atoms with E-state index in [2.05, 4.69) is 10.0 Å². The molecule has 0 bridgehead atoms. The van der Waals surface area contributed by atoms with Crippen molar-refractivity contribution in [2.45, 2.75) is 18.7 Å². The number of amides is 1. The fourth-order valence-corrected chi connectivity index (χ4v) is 3.18. The quantitative estimate of drug-likeness (QED) is 0.700. The number of rotatable bonds is 5. The lowest BCUT2D eigenvalue weighted by molar-refractivity contribution is -0.128. The van der Waals surface area contributed by atoms with Crippen LogP contribution in [-0.4, -0.2) is 27.9 Å². The number of carbonyl (C=O) groups excluding carboxylic acids is 1. The SMILES string of the molecule is CNC(=O)C(C)(C)CNS(=O)(=O)c1cc(N)cc(Cl)c1F. The molecule has 21 heavy (non-hydrogen) atoms. The van der Waals surface area contributed by atoms with Crippen molar-refractivity contribution < 1.29 is 17.6 Å². The highest BCUT2D eigenvalue weighted by molar-refractivity contribution is 7.89. The van der Waals surface area contributed by atoms with Gasteiger partial charge in [0.05, 0.1) is 10.4 Å². The fraction of sp³-hybridized carbons (Fsp3) is 0.417. The molecular weight excluding hydrogens is 321 g/mol. The topological polar surface area (TPSA) is 101 Å². The van der Waals surface area contributed by atoms with Crippen LogP contribution in [0.15, 0.2) is 17.0 Å².